The molecule has 1 aliphatic rings. The zero-order valence-electron chi connectivity index (χ0n) is 15.3. The maximum absolute atomic E-state index is 12.9. The van der Waals surface area contributed by atoms with E-state index in [1.807, 2.05) is 26.0 Å². The molecule has 1 saturated heterocycles. The van der Waals surface area contributed by atoms with Gasteiger partial charge in [0.25, 0.3) is 0 Å². The Hall–Kier alpha value is -0.953. The molecule has 0 amide bonds. The summed E-state index contributed by atoms with van der Waals surface area (Å²) < 4.78 is 27.4. The number of piperidine rings is 1. The van der Waals surface area contributed by atoms with Crippen LogP contribution in [0.2, 0.25) is 19.6 Å². The number of rotatable bonds is 4. The first kappa shape index (κ1) is 19.4. The number of benzene rings is 1. The minimum Gasteiger partial charge on any atom is -0.385 e. The predicted molar refractivity (Wildman–Crippen MR) is 101 cm³/mol. The molecule has 0 aromatic heterocycles. The van der Waals surface area contributed by atoms with Crippen molar-refractivity contribution in [3.8, 4) is 0 Å². The molecule has 0 saturated carbocycles. The topological polar surface area (TPSA) is 57.6 Å². The number of hydrogen-bond donors (Lipinski definition) is 1. The fraction of sp³-hybridized carbons (Fsp3) is 0.556. The minimum atomic E-state index is -3.53. The second-order valence-corrected chi connectivity index (χ2v) is 14.8. The van der Waals surface area contributed by atoms with Crippen molar-refractivity contribution in [3.05, 3.63) is 41.1 Å². The van der Waals surface area contributed by atoms with E-state index in [2.05, 4.69) is 25.3 Å². The molecule has 0 radical (unpaired) electrons. The van der Waals surface area contributed by atoms with E-state index in [-0.39, 0.29) is 6.54 Å². The Morgan fingerprint density at radius 1 is 1.25 bits per heavy atom. The van der Waals surface area contributed by atoms with E-state index in [0.717, 1.165) is 11.1 Å². The number of sulfonamides is 1. The Morgan fingerprint density at radius 2 is 1.83 bits per heavy atom. The molecule has 1 atom stereocenters. The molecule has 0 bridgehead atoms. The molecule has 1 aliphatic heterocycles. The lowest BCUT2D eigenvalue weighted by Gasteiger charge is -2.40. The molecular weight excluding hydrogens is 338 g/mol. The molecule has 24 heavy (non-hydrogen) atoms. The van der Waals surface area contributed by atoms with Gasteiger partial charge in [0.1, 0.15) is 0 Å². The monoisotopic (exact) mass is 367 g/mol. The number of hydrogen-bond acceptors (Lipinski definition) is 3. The van der Waals surface area contributed by atoms with Gasteiger partial charge in [-0.05, 0) is 37.5 Å². The molecule has 1 unspecified atom stereocenters. The van der Waals surface area contributed by atoms with Gasteiger partial charge in [0.2, 0.25) is 10.0 Å². The third-order valence-corrected chi connectivity index (χ3v) is 7.64. The highest BCUT2D eigenvalue weighted by molar-refractivity contribution is 7.89. The zero-order valence-corrected chi connectivity index (χ0v) is 17.2. The summed E-state index contributed by atoms with van der Waals surface area (Å²) in [6, 6.07) is 6.95. The average molecular weight is 368 g/mol. The van der Waals surface area contributed by atoms with E-state index in [1.165, 1.54) is 4.31 Å². The first-order valence-corrected chi connectivity index (χ1v) is 13.5. The summed E-state index contributed by atoms with van der Waals surface area (Å²) in [7, 11) is -5.10. The lowest BCUT2D eigenvalue weighted by Crippen LogP contribution is -2.49. The molecule has 1 aromatic rings. The highest BCUT2D eigenvalue weighted by atomic mass is 32.2. The molecule has 1 N–H and O–H groups in total. The van der Waals surface area contributed by atoms with Crippen LogP contribution in [0.1, 0.15) is 25.3 Å². The average Bonchev–Trinajstić information content (AvgIpc) is 2.48. The van der Waals surface area contributed by atoms with Gasteiger partial charge < -0.3 is 5.11 Å². The van der Waals surface area contributed by atoms with Gasteiger partial charge >= 0.3 is 0 Å². The molecule has 2 rings (SSSR count). The quantitative estimate of drug-likeness (QED) is 0.831. The van der Waals surface area contributed by atoms with Crippen molar-refractivity contribution >= 4 is 18.1 Å². The van der Waals surface area contributed by atoms with E-state index in [1.54, 1.807) is 12.1 Å². The molecule has 1 heterocycles. The molecule has 1 aromatic carbocycles. The summed E-state index contributed by atoms with van der Waals surface area (Å²) >= 11 is 0. The summed E-state index contributed by atoms with van der Waals surface area (Å²) in [5.74, 6) is 0. The fourth-order valence-corrected chi connectivity index (χ4v) is 5.88. The second-order valence-electron chi connectivity index (χ2n) is 7.82. The van der Waals surface area contributed by atoms with E-state index in [0.29, 0.717) is 24.3 Å². The van der Waals surface area contributed by atoms with Crippen LogP contribution in [0.15, 0.2) is 40.4 Å². The van der Waals surface area contributed by atoms with Gasteiger partial charge in [-0.3, -0.25) is 0 Å². The van der Waals surface area contributed by atoms with Crippen LogP contribution in [0.4, 0.5) is 0 Å². The lowest BCUT2D eigenvalue weighted by atomic mass is 9.86. The molecular formula is C18H29NO3SSi. The fourth-order valence-electron chi connectivity index (χ4n) is 3.06. The van der Waals surface area contributed by atoms with Crippen LogP contribution in [-0.4, -0.2) is 44.6 Å². The van der Waals surface area contributed by atoms with Gasteiger partial charge in [0.15, 0.2) is 0 Å². The van der Waals surface area contributed by atoms with Crippen molar-refractivity contribution in [1.82, 2.24) is 4.31 Å². The number of aliphatic hydroxyl groups is 1. The molecule has 6 heteroatoms. The first-order valence-electron chi connectivity index (χ1n) is 8.49. The third-order valence-electron chi connectivity index (χ3n) is 4.57. The van der Waals surface area contributed by atoms with Crippen LogP contribution in [0, 0.1) is 6.92 Å². The summed E-state index contributed by atoms with van der Waals surface area (Å²) in [6.07, 6.45) is 1.06. The number of nitrogens with zero attached hydrogens (tertiary/aromatic N) is 1. The Balaban J connectivity index is 2.37. The highest BCUT2D eigenvalue weighted by Crippen LogP contribution is 2.34. The van der Waals surface area contributed by atoms with Gasteiger partial charge in [-0.25, -0.2) is 8.42 Å². The Morgan fingerprint density at radius 3 is 2.33 bits per heavy atom. The summed E-state index contributed by atoms with van der Waals surface area (Å²) in [5.41, 5.74) is 3.19. The minimum absolute atomic E-state index is 0.283. The van der Waals surface area contributed by atoms with E-state index in [4.69, 9.17) is 0 Å². The molecule has 0 aliphatic carbocycles. The third kappa shape index (κ3) is 4.17. The maximum Gasteiger partial charge on any atom is 0.243 e. The Labute approximate surface area is 147 Å². The normalized spacial score (nSPS) is 25.2. The van der Waals surface area contributed by atoms with Gasteiger partial charge in [-0.1, -0.05) is 50.0 Å². The van der Waals surface area contributed by atoms with Crippen LogP contribution in [0.5, 0.6) is 0 Å². The standard InChI is InChI=1S/C18H29NO3SSi/c1-6-18(20)11-12-19(13-16(18)14-24(3,4)5)23(21,22)17-9-7-15(2)8-10-17/h7-10,14,20H,6,11-13H2,1-5H3/b16-14+. The van der Waals surface area contributed by atoms with Crippen LogP contribution in [-0.2, 0) is 10.0 Å². The van der Waals surface area contributed by atoms with Crippen molar-refractivity contribution in [2.24, 2.45) is 0 Å². The Kier molecular flexibility index (Phi) is 5.45. The van der Waals surface area contributed by atoms with Crippen molar-refractivity contribution in [1.29, 1.82) is 0 Å². The van der Waals surface area contributed by atoms with Crippen molar-refractivity contribution in [2.45, 2.75) is 56.8 Å². The van der Waals surface area contributed by atoms with Gasteiger partial charge in [0, 0.05) is 13.1 Å². The van der Waals surface area contributed by atoms with Crippen molar-refractivity contribution in [3.63, 3.8) is 0 Å². The van der Waals surface area contributed by atoms with Crippen LogP contribution < -0.4 is 0 Å². The second kappa shape index (κ2) is 6.75. The van der Waals surface area contributed by atoms with E-state index < -0.39 is 23.7 Å². The predicted octanol–water partition coefficient (Wildman–Crippen LogP) is 3.33. The highest BCUT2D eigenvalue weighted by Gasteiger charge is 2.40. The maximum atomic E-state index is 12.9. The van der Waals surface area contributed by atoms with Crippen LogP contribution >= 0.6 is 0 Å². The molecule has 0 spiro atoms. The van der Waals surface area contributed by atoms with Crippen molar-refractivity contribution in [2.75, 3.05) is 13.1 Å². The van der Waals surface area contributed by atoms with E-state index >= 15 is 0 Å². The smallest absolute Gasteiger partial charge is 0.243 e. The molecule has 4 nitrogen and oxygen atoms in total. The summed E-state index contributed by atoms with van der Waals surface area (Å²) in [4.78, 5) is 0.322. The Bertz CT molecular complexity index is 720. The summed E-state index contributed by atoms with van der Waals surface area (Å²) in [5, 5.41) is 10.9. The van der Waals surface area contributed by atoms with Gasteiger partial charge in [-0.15, -0.1) is 0 Å². The number of aryl methyl sites for hydroxylation is 1. The largest absolute Gasteiger partial charge is 0.385 e. The lowest BCUT2D eigenvalue weighted by molar-refractivity contribution is 0.0399. The summed E-state index contributed by atoms with van der Waals surface area (Å²) in [6.45, 7) is 11.1. The van der Waals surface area contributed by atoms with Crippen LogP contribution in [0.25, 0.3) is 0 Å². The first-order chi connectivity index (χ1) is 11.0. The van der Waals surface area contributed by atoms with Crippen LogP contribution in [0.3, 0.4) is 0 Å². The van der Waals surface area contributed by atoms with E-state index in [9.17, 15) is 13.5 Å². The van der Waals surface area contributed by atoms with Gasteiger partial charge in [-0.2, -0.15) is 4.31 Å². The zero-order chi connectivity index (χ0) is 18.2. The van der Waals surface area contributed by atoms with Crippen molar-refractivity contribution < 1.29 is 13.5 Å². The molecule has 134 valence electrons. The molecule has 1 fully saturated rings. The van der Waals surface area contributed by atoms with Gasteiger partial charge in [0.05, 0.1) is 18.6 Å². The SMILES string of the molecule is CCC1(O)CCN(S(=O)(=O)c2ccc(C)cc2)C/C1=C\[Si](C)(C)C.